The third kappa shape index (κ3) is 3.03. The normalized spacial score (nSPS) is 9.86. The standard InChI is InChI=1S/C15H15N3O3/c1-9-10(2)17-18-15(14(9)8-16)21-13-6-11(19-3)5-12(7-13)20-4/h5-7H,1-4H3. The molecule has 0 radical (unpaired) electrons. The Hall–Kier alpha value is -2.81. The van der Waals surface area contributed by atoms with Crippen molar-refractivity contribution < 1.29 is 14.2 Å². The first-order chi connectivity index (χ1) is 10.1. The van der Waals surface area contributed by atoms with Gasteiger partial charge < -0.3 is 14.2 Å². The molecule has 1 aromatic carbocycles. The van der Waals surface area contributed by atoms with E-state index in [2.05, 4.69) is 16.3 Å². The number of nitriles is 1. The van der Waals surface area contributed by atoms with Crippen molar-refractivity contribution in [2.45, 2.75) is 13.8 Å². The fourth-order valence-corrected chi connectivity index (χ4v) is 1.74. The van der Waals surface area contributed by atoms with Crippen molar-refractivity contribution in [2.24, 2.45) is 0 Å². The number of nitrogens with zero attached hydrogens (tertiary/aromatic N) is 3. The molecule has 0 amide bonds. The summed E-state index contributed by atoms with van der Waals surface area (Å²) in [6.07, 6.45) is 0. The Morgan fingerprint density at radius 3 is 2.05 bits per heavy atom. The average Bonchev–Trinajstić information content (AvgIpc) is 2.51. The van der Waals surface area contributed by atoms with E-state index in [0.29, 0.717) is 28.5 Å². The zero-order valence-corrected chi connectivity index (χ0v) is 12.3. The second kappa shape index (κ2) is 6.09. The summed E-state index contributed by atoms with van der Waals surface area (Å²) < 4.78 is 16.0. The Labute approximate surface area is 122 Å². The molecule has 0 fully saturated rings. The van der Waals surface area contributed by atoms with Crippen molar-refractivity contribution in [3.63, 3.8) is 0 Å². The maximum absolute atomic E-state index is 9.26. The van der Waals surface area contributed by atoms with E-state index in [0.717, 1.165) is 5.56 Å². The van der Waals surface area contributed by atoms with Gasteiger partial charge in [0.05, 0.1) is 19.9 Å². The SMILES string of the molecule is COc1cc(OC)cc(Oc2nnc(C)c(C)c2C#N)c1. The van der Waals surface area contributed by atoms with Crippen LogP contribution >= 0.6 is 0 Å². The van der Waals surface area contributed by atoms with Gasteiger partial charge in [-0.1, -0.05) is 0 Å². The lowest BCUT2D eigenvalue weighted by molar-refractivity contribution is 0.384. The van der Waals surface area contributed by atoms with E-state index in [1.165, 1.54) is 0 Å². The summed E-state index contributed by atoms with van der Waals surface area (Å²) in [6, 6.07) is 7.18. The molecule has 1 heterocycles. The van der Waals surface area contributed by atoms with Crippen LogP contribution in [0.25, 0.3) is 0 Å². The topological polar surface area (TPSA) is 77.3 Å². The van der Waals surface area contributed by atoms with Crippen LogP contribution in [0, 0.1) is 25.2 Å². The predicted octanol–water partition coefficient (Wildman–Crippen LogP) is 2.77. The van der Waals surface area contributed by atoms with Crippen molar-refractivity contribution in [1.82, 2.24) is 10.2 Å². The van der Waals surface area contributed by atoms with E-state index in [-0.39, 0.29) is 5.88 Å². The van der Waals surface area contributed by atoms with Crippen LogP contribution in [-0.2, 0) is 0 Å². The van der Waals surface area contributed by atoms with Gasteiger partial charge in [0.1, 0.15) is 28.9 Å². The molecule has 0 unspecified atom stereocenters. The van der Waals surface area contributed by atoms with E-state index < -0.39 is 0 Å². The summed E-state index contributed by atoms with van der Waals surface area (Å²) in [5, 5.41) is 17.2. The van der Waals surface area contributed by atoms with Gasteiger partial charge in [0.15, 0.2) is 0 Å². The third-order valence-electron chi connectivity index (χ3n) is 3.07. The number of benzene rings is 1. The number of ether oxygens (including phenoxy) is 3. The summed E-state index contributed by atoms with van der Waals surface area (Å²) in [4.78, 5) is 0. The molecule has 21 heavy (non-hydrogen) atoms. The van der Waals surface area contributed by atoms with E-state index in [9.17, 15) is 5.26 Å². The molecular weight excluding hydrogens is 270 g/mol. The van der Waals surface area contributed by atoms with Crippen LogP contribution in [-0.4, -0.2) is 24.4 Å². The van der Waals surface area contributed by atoms with Crippen LogP contribution in [0.15, 0.2) is 18.2 Å². The largest absolute Gasteiger partial charge is 0.496 e. The summed E-state index contributed by atoms with van der Waals surface area (Å²) >= 11 is 0. The first-order valence-electron chi connectivity index (χ1n) is 6.24. The van der Waals surface area contributed by atoms with Crippen molar-refractivity contribution in [2.75, 3.05) is 14.2 Å². The number of methoxy groups -OCH3 is 2. The van der Waals surface area contributed by atoms with Crippen LogP contribution in [0.1, 0.15) is 16.8 Å². The molecule has 0 aliphatic rings. The molecule has 2 aromatic rings. The second-order valence-electron chi connectivity index (χ2n) is 4.35. The monoisotopic (exact) mass is 285 g/mol. The molecule has 1 aromatic heterocycles. The van der Waals surface area contributed by atoms with Gasteiger partial charge in [0.25, 0.3) is 5.88 Å². The lowest BCUT2D eigenvalue weighted by Gasteiger charge is -2.11. The van der Waals surface area contributed by atoms with E-state index in [1.54, 1.807) is 39.3 Å². The van der Waals surface area contributed by atoms with Crippen LogP contribution in [0.4, 0.5) is 0 Å². The minimum atomic E-state index is 0.163. The average molecular weight is 285 g/mol. The fraction of sp³-hybridized carbons (Fsp3) is 0.267. The summed E-state index contributed by atoms with van der Waals surface area (Å²) in [5.74, 6) is 1.79. The minimum Gasteiger partial charge on any atom is -0.496 e. The molecule has 0 atom stereocenters. The molecule has 108 valence electrons. The molecule has 0 spiro atoms. The highest BCUT2D eigenvalue weighted by molar-refractivity contribution is 5.48. The van der Waals surface area contributed by atoms with E-state index in [4.69, 9.17) is 14.2 Å². The van der Waals surface area contributed by atoms with Crippen molar-refractivity contribution in [3.8, 4) is 29.2 Å². The highest BCUT2D eigenvalue weighted by atomic mass is 16.5. The van der Waals surface area contributed by atoms with E-state index in [1.807, 2.05) is 6.92 Å². The Balaban J connectivity index is 2.43. The molecule has 6 heteroatoms. The maximum atomic E-state index is 9.26. The zero-order chi connectivity index (χ0) is 15.4. The summed E-state index contributed by atoms with van der Waals surface area (Å²) in [5.41, 5.74) is 1.81. The Morgan fingerprint density at radius 2 is 1.52 bits per heavy atom. The summed E-state index contributed by atoms with van der Waals surface area (Å²) in [7, 11) is 3.10. The van der Waals surface area contributed by atoms with Gasteiger partial charge in [-0.3, -0.25) is 0 Å². The highest BCUT2D eigenvalue weighted by Crippen LogP contribution is 2.31. The number of rotatable bonds is 4. The molecule has 2 rings (SSSR count). The molecular formula is C15H15N3O3. The predicted molar refractivity (Wildman–Crippen MR) is 75.8 cm³/mol. The number of aromatic nitrogens is 2. The third-order valence-corrected chi connectivity index (χ3v) is 3.07. The van der Waals surface area contributed by atoms with E-state index >= 15 is 0 Å². The Bertz CT molecular complexity index is 686. The van der Waals surface area contributed by atoms with Crippen molar-refractivity contribution >= 4 is 0 Å². The highest BCUT2D eigenvalue weighted by Gasteiger charge is 2.14. The molecule has 0 saturated heterocycles. The van der Waals surface area contributed by atoms with Gasteiger partial charge in [0, 0.05) is 18.2 Å². The van der Waals surface area contributed by atoms with Gasteiger partial charge >= 0.3 is 0 Å². The lowest BCUT2D eigenvalue weighted by Crippen LogP contribution is -2.00. The minimum absolute atomic E-state index is 0.163. The maximum Gasteiger partial charge on any atom is 0.257 e. The number of hydrogen-bond donors (Lipinski definition) is 0. The smallest absolute Gasteiger partial charge is 0.257 e. The van der Waals surface area contributed by atoms with Crippen LogP contribution in [0.5, 0.6) is 23.1 Å². The van der Waals surface area contributed by atoms with Gasteiger partial charge in [-0.15, -0.1) is 5.10 Å². The summed E-state index contributed by atoms with van der Waals surface area (Å²) in [6.45, 7) is 3.60. The van der Waals surface area contributed by atoms with Crippen molar-refractivity contribution in [1.29, 1.82) is 5.26 Å². The second-order valence-corrected chi connectivity index (χ2v) is 4.35. The quantitative estimate of drug-likeness (QED) is 0.859. The Kier molecular flexibility index (Phi) is 4.24. The van der Waals surface area contributed by atoms with Gasteiger partial charge in [-0.2, -0.15) is 10.4 Å². The molecule has 0 aliphatic carbocycles. The first kappa shape index (κ1) is 14.6. The van der Waals surface area contributed by atoms with Crippen LogP contribution in [0.2, 0.25) is 0 Å². The van der Waals surface area contributed by atoms with Crippen LogP contribution < -0.4 is 14.2 Å². The first-order valence-corrected chi connectivity index (χ1v) is 6.24. The number of aryl methyl sites for hydroxylation is 1. The lowest BCUT2D eigenvalue weighted by atomic mass is 10.1. The molecule has 6 nitrogen and oxygen atoms in total. The molecule has 0 aliphatic heterocycles. The molecule has 0 saturated carbocycles. The van der Waals surface area contributed by atoms with Crippen LogP contribution in [0.3, 0.4) is 0 Å². The molecule has 0 N–H and O–H groups in total. The van der Waals surface area contributed by atoms with Gasteiger partial charge in [0.2, 0.25) is 0 Å². The fourth-order valence-electron chi connectivity index (χ4n) is 1.74. The number of hydrogen-bond acceptors (Lipinski definition) is 6. The Morgan fingerprint density at radius 1 is 0.952 bits per heavy atom. The molecule has 0 bridgehead atoms. The van der Waals surface area contributed by atoms with Crippen molar-refractivity contribution in [3.05, 3.63) is 35.0 Å². The van der Waals surface area contributed by atoms with Gasteiger partial charge in [-0.05, 0) is 19.4 Å². The van der Waals surface area contributed by atoms with Gasteiger partial charge in [-0.25, -0.2) is 0 Å². The zero-order valence-electron chi connectivity index (χ0n) is 12.3.